The fourth-order valence-corrected chi connectivity index (χ4v) is 4.08. The summed E-state index contributed by atoms with van der Waals surface area (Å²) in [4.78, 5) is 14.3. The summed E-state index contributed by atoms with van der Waals surface area (Å²) in [6, 6.07) is 6.22. The maximum atomic E-state index is 13.0. The first-order valence-electron chi connectivity index (χ1n) is 7.73. The smallest absolute Gasteiger partial charge is 0.227 e. The van der Waals surface area contributed by atoms with Crippen LogP contribution < -0.4 is 4.90 Å². The van der Waals surface area contributed by atoms with Crippen LogP contribution in [0.25, 0.3) is 0 Å². The molecule has 2 bridgehead atoms. The second kappa shape index (κ2) is 5.55. The first kappa shape index (κ1) is 13.6. The van der Waals surface area contributed by atoms with Gasteiger partial charge in [0.05, 0.1) is 0 Å². The number of amides is 1. The maximum Gasteiger partial charge on any atom is 0.227 e. The molecule has 3 heteroatoms. The highest BCUT2D eigenvalue weighted by molar-refractivity contribution is 5.93. The molecule has 0 saturated heterocycles. The molecule has 2 aliphatic rings. The van der Waals surface area contributed by atoms with E-state index in [2.05, 4.69) is 0 Å². The molecular formula is C17H22FNO. The number of rotatable bonds is 4. The minimum Gasteiger partial charge on any atom is -0.313 e. The second-order valence-corrected chi connectivity index (χ2v) is 6.25. The van der Waals surface area contributed by atoms with Gasteiger partial charge >= 0.3 is 0 Å². The number of carbonyl (C=O) groups is 1. The van der Waals surface area contributed by atoms with Crippen molar-refractivity contribution in [1.82, 2.24) is 0 Å². The predicted molar refractivity (Wildman–Crippen MR) is 78.0 cm³/mol. The van der Waals surface area contributed by atoms with Gasteiger partial charge in [0.15, 0.2) is 0 Å². The zero-order chi connectivity index (χ0) is 14.1. The number of fused-ring (bicyclic) bond motifs is 2. The van der Waals surface area contributed by atoms with Gasteiger partial charge in [-0.15, -0.1) is 0 Å². The van der Waals surface area contributed by atoms with Gasteiger partial charge in [-0.25, -0.2) is 4.39 Å². The summed E-state index contributed by atoms with van der Waals surface area (Å²) in [7, 11) is 0. The van der Waals surface area contributed by atoms with E-state index in [1.165, 1.54) is 37.8 Å². The van der Waals surface area contributed by atoms with E-state index in [1.54, 1.807) is 17.0 Å². The summed E-state index contributed by atoms with van der Waals surface area (Å²) in [5.74, 6) is 2.16. The van der Waals surface area contributed by atoms with Crippen LogP contribution in [0.3, 0.4) is 0 Å². The number of hydrogen-bond donors (Lipinski definition) is 0. The summed E-state index contributed by atoms with van der Waals surface area (Å²) >= 11 is 0. The highest BCUT2D eigenvalue weighted by Crippen LogP contribution is 2.49. The molecule has 0 heterocycles. The third kappa shape index (κ3) is 2.58. The Morgan fingerprint density at radius 2 is 2.00 bits per heavy atom. The molecule has 108 valence electrons. The molecule has 1 amide bonds. The van der Waals surface area contributed by atoms with Crippen molar-refractivity contribution in [2.75, 3.05) is 11.4 Å². The van der Waals surface area contributed by atoms with Gasteiger partial charge in [0.1, 0.15) is 5.82 Å². The van der Waals surface area contributed by atoms with E-state index < -0.39 is 0 Å². The lowest BCUT2D eigenvalue weighted by atomic mass is 9.86. The number of benzene rings is 1. The van der Waals surface area contributed by atoms with Crippen LogP contribution in [0.5, 0.6) is 0 Å². The molecular weight excluding hydrogens is 253 g/mol. The summed E-state index contributed by atoms with van der Waals surface area (Å²) in [5.41, 5.74) is 0.807. The number of hydrogen-bond acceptors (Lipinski definition) is 1. The highest BCUT2D eigenvalue weighted by atomic mass is 19.1. The average Bonchev–Trinajstić information content (AvgIpc) is 3.04. The largest absolute Gasteiger partial charge is 0.313 e. The molecule has 0 radical (unpaired) electrons. The van der Waals surface area contributed by atoms with Crippen molar-refractivity contribution in [1.29, 1.82) is 0 Å². The summed E-state index contributed by atoms with van der Waals surface area (Å²) in [6.07, 6.45) is 5.90. The maximum absolute atomic E-state index is 13.0. The Balaban J connectivity index is 1.66. The first-order chi connectivity index (χ1) is 9.67. The lowest BCUT2D eigenvalue weighted by Gasteiger charge is -2.26. The minimum absolute atomic E-state index is 0.191. The van der Waals surface area contributed by atoms with Gasteiger partial charge in [-0.05, 0) is 68.2 Å². The van der Waals surface area contributed by atoms with Crippen molar-refractivity contribution in [2.24, 2.45) is 17.8 Å². The van der Waals surface area contributed by atoms with E-state index in [0.717, 1.165) is 17.5 Å². The lowest BCUT2D eigenvalue weighted by molar-refractivity contribution is -0.119. The van der Waals surface area contributed by atoms with Crippen LogP contribution in [-0.4, -0.2) is 12.5 Å². The number of anilines is 1. The van der Waals surface area contributed by atoms with Gasteiger partial charge in [0.25, 0.3) is 0 Å². The summed E-state index contributed by atoms with van der Waals surface area (Å²) in [6.45, 7) is 2.62. The molecule has 20 heavy (non-hydrogen) atoms. The molecule has 0 aromatic heterocycles. The Hall–Kier alpha value is -1.38. The Kier molecular flexibility index (Phi) is 3.77. The summed E-state index contributed by atoms with van der Waals surface area (Å²) in [5, 5.41) is 0. The average molecular weight is 275 g/mol. The van der Waals surface area contributed by atoms with Crippen molar-refractivity contribution in [3.05, 3.63) is 30.1 Å². The molecule has 1 aromatic rings. The van der Waals surface area contributed by atoms with Crippen molar-refractivity contribution in [2.45, 2.75) is 39.0 Å². The number of carbonyl (C=O) groups excluding carboxylic acids is 1. The van der Waals surface area contributed by atoms with Gasteiger partial charge in [0.2, 0.25) is 5.91 Å². The third-order valence-corrected chi connectivity index (χ3v) is 5.08. The van der Waals surface area contributed by atoms with E-state index in [4.69, 9.17) is 0 Å². The standard InChI is InChI=1S/C17H22FNO/c1-2-19(16-7-5-15(18)6-8-16)17(20)11-14-10-12-3-4-13(14)9-12/h5-8,12-14H,2-4,9-11H2,1H3. The zero-order valence-corrected chi connectivity index (χ0v) is 12.0. The van der Waals surface area contributed by atoms with Crippen molar-refractivity contribution >= 4 is 11.6 Å². The van der Waals surface area contributed by atoms with Crippen LogP contribution in [0, 0.1) is 23.6 Å². The molecule has 0 N–H and O–H groups in total. The summed E-state index contributed by atoms with van der Waals surface area (Å²) < 4.78 is 13.0. The van der Waals surface area contributed by atoms with E-state index in [0.29, 0.717) is 18.9 Å². The van der Waals surface area contributed by atoms with Crippen LogP contribution in [0.2, 0.25) is 0 Å². The van der Waals surface area contributed by atoms with Gasteiger partial charge in [-0.1, -0.05) is 6.42 Å². The van der Waals surface area contributed by atoms with Crippen LogP contribution >= 0.6 is 0 Å². The highest BCUT2D eigenvalue weighted by Gasteiger charge is 2.40. The fourth-order valence-electron chi connectivity index (χ4n) is 4.08. The zero-order valence-electron chi connectivity index (χ0n) is 12.0. The van der Waals surface area contributed by atoms with Crippen molar-refractivity contribution in [3.63, 3.8) is 0 Å². The molecule has 1 aromatic carbocycles. The Bertz CT molecular complexity index is 484. The molecule has 2 saturated carbocycles. The fraction of sp³-hybridized carbons (Fsp3) is 0.588. The molecule has 2 nitrogen and oxygen atoms in total. The molecule has 0 spiro atoms. The third-order valence-electron chi connectivity index (χ3n) is 5.08. The molecule has 0 aliphatic heterocycles. The quantitative estimate of drug-likeness (QED) is 0.813. The first-order valence-corrected chi connectivity index (χ1v) is 7.73. The van der Waals surface area contributed by atoms with Crippen molar-refractivity contribution < 1.29 is 9.18 Å². The van der Waals surface area contributed by atoms with E-state index >= 15 is 0 Å². The van der Waals surface area contributed by atoms with Gasteiger partial charge < -0.3 is 4.90 Å². The molecule has 2 fully saturated rings. The second-order valence-electron chi connectivity index (χ2n) is 6.25. The Morgan fingerprint density at radius 3 is 2.55 bits per heavy atom. The lowest BCUT2D eigenvalue weighted by Crippen LogP contribution is -2.33. The van der Waals surface area contributed by atoms with Crippen LogP contribution in [0.4, 0.5) is 10.1 Å². The Labute approximate surface area is 120 Å². The van der Waals surface area contributed by atoms with Gasteiger partial charge in [-0.3, -0.25) is 4.79 Å². The Morgan fingerprint density at radius 1 is 1.25 bits per heavy atom. The molecule has 3 unspecified atom stereocenters. The van der Waals surface area contributed by atoms with Gasteiger partial charge in [0, 0.05) is 18.7 Å². The molecule has 3 atom stereocenters. The number of halogens is 1. The van der Waals surface area contributed by atoms with E-state index in [1.807, 2.05) is 6.92 Å². The normalized spacial score (nSPS) is 27.8. The topological polar surface area (TPSA) is 20.3 Å². The monoisotopic (exact) mass is 275 g/mol. The van der Waals surface area contributed by atoms with E-state index in [9.17, 15) is 9.18 Å². The molecule has 2 aliphatic carbocycles. The predicted octanol–water partition coefficient (Wildman–Crippen LogP) is 4.00. The molecule has 3 rings (SSSR count). The van der Waals surface area contributed by atoms with Crippen LogP contribution in [0.1, 0.15) is 39.0 Å². The van der Waals surface area contributed by atoms with Gasteiger partial charge in [-0.2, -0.15) is 0 Å². The number of nitrogens with zero attached hydrogens (tertiary/aromatic N) is 1. The van der Waals surface area contributed by atoms with Crippen LogP contribution in [-0.2, 0) is 4.79 Å². The minimum atomic E-state index is -0.259. The van der Waals surface area contributed by atoms with Crippen molar-refractivity contribution in [3.8, 4) is 0 Å². The van der Waals surface area contributed by atoms with E-state index in [-0.39, 0.29) is 11.7 Å². The SMILES string of the molecule is CCN(C(=O)CC1CC2CCC1C2)c1ccc(F)cc1. The van der Waals surface area contributed by atoms with Crippen LogP contribution in [0.15, 0.2) is 24.3 Å².